The predicted molar refractivity (Wildman–Crippen MR) is 101 cm³/mol. The molecule has 1 fully saturated rings. The highest BCUT2D eigenvalue weighted by Crippen LogP contribution is 2.47. The average Bonchev–Trinajstić information content (AvgIpc) is 3.24. The first-order chi connectivity index (χ1) is 12.7. The zero-order valence-electron chi connectivity index (χ0n) is 14.6. The van der Waals surface area contributed by atoms with E-state index in [1.165, 1.54) is 0 Å². The number of ether oxygens (including phenoxy) is 2. The van der Waals surface area contributed by atoms with Crippen molar-refractivity contribution in [2.24, 2.45) is 0 Å². The molecule has 2 aromatic carbocycles. The van der Waals surface area contributed by atoms with E-state index >= 15 is 0 Å². The highest BCUT2D eigenvalue weighted by atomic mass is 32.2. The first kappa shape index (κ1) is 16.8. The zero-order chi connectivity index (χ0) is 18.1. The number of para-hydroxylation sites is 2. The fourth-order valence-electron chi connectivity index (χ4n) is 3.23. The molecule has 1 aromatic heterocycles. The van der Waals surface area contributed by atoms with Crippen LogP contribution in [0.5, 0.6) is 11.5 Å². The van der Waals surface area contributed by atoms with Gasteiger partial charge in [-0.25, -0.2) is 4.98 Å². The van der Waals surface area contributed by atoms with Crippen molar-refractivity contribution in [3.05, 3.63) is 53.9 Å². The summed E-state index contributed by atoms with van der Waals surface area (Å²) in [6.07, 6.45) is 0. The minimum atomic E-state index is -0.179. The Morgan fingerprint density at radius 2 is 1.88 bits per heavy atom. The van der Waals surface area contributed by atoms with Gasteiger partial charge in [-0.1, -0.05) is 18.2 Å². The van der Waals surface area contributed by atoms with Gasteiger partial charge in [-0.15, -0.1) is 11.8 Å². The normalized spacial score (nSPS) is 17.1. The van der Waals surface area contributed by atoms with Gasteiger partial charge in [-0.2, -0.15) is 0 Å². The molecule has 134 valence electrons. The predicted octanol–water partition coefficient (Wildman–Crippen LogP) is 3.35. The van der Waals surface area contributed by atoms with Crippen LogP contribution < -0.4 is 9.47 Å². The first-order valence-corrected chi connectivity index (χ1v) is 9.31. The summed E-state index contributed by atoms with van der Waals surface area (Å²) in [6.45, 7) is 0.409. The molecule has 26 heavy (non-hydrogen) atoms. The van der Waals surface area contributed by atoms with Crippen LogP contribution in [0, 0.1) is 0 Å². The van der Waals surface area contributed by atoms with E-state index in [2.05, 4.69) is 9.97 Å². The Bertz CT molecular complexity index is 901. The molecule has 1 aliphatic rings. The van der Waals surface area contributed by atoms with Crippen LogP contribution in [0.25, 0.3) is 11.0 Å². The first-order valence-electron chi connectivity index (χ1n) is 8.27. The second-order valence-corrected chi connectivity index (χ2v) is 7.03. The molecule has 0 saturated carbocycles. The van der Waals surface area contributed by atoms with Crippen LogP contribution in [0.3, 0.4) is 0 Å². The van der Waals surface area contributed by atoms with Crippen LogP contribution in [0.2, 0.25) is 0 Å². The van der Waals surface area contributed by atoms with Crippen LogP contribution >= 0.6 is 11.8 Å². The lowest BCUT2D eigenvalue weighted by Gasteiger charge is -2.26. The molecule has 1 unspecified atom stereocenters. The molecule has 0 radical (unpaired) electrons. The lowest BCUT2D eigenvalue weighted by molar-refractivity contribution is -0.128. The highest BCUT2D eigenvalue weighted by Gasteiger charge is 2.37. The number of benzene rings is 2. The van der Waals surface area contributed by atoms with E-state index in [0.717, 1.165) is 22.4 Å². The number of hydrogen-bond acceptors (Lipinski definition) is 5. The molecule has 2 heterocycles. The van der Waals surface area contributed by atoms with Crippen molar-refractivity contribution in [2.75, 3.05) is 20.0 Å². The third-order valence-electron chi connectivity index (χ3n) is 4.44. The molecule has 1 atom stereocenters. The Kier molecular flexibility index (Phi) is 4.46. The van der Waals surface area contributed by atoms with E-state index < -0.39 is 0 Å². The number of fused-ring (bicyclic) bond motifs is 1. The van der Waals surface area contributed by atoms with Gasteiger partial charge < -0.3 is 19.4 Å². The minimum absolute atomic E-state index is 0.0772. The molecule has 1 amide bonds. The summed E-state index contributed by atoms with van der Waals surface area (Å²) >= 11 is 1.57. The van der Waals surface area contributed by atoms with E-state index in [1.54, 1.807) is 26.0 Å². The SMILES string of the molecule is COc1cccc(OC)c1C1SCC(=O)N1Cc1nc2ccccc2[nH]1. The maximum absolute atomic E-state index is 12.6. The molecular weight excluding hydrogens is 350 g/mol. The lowest BCUT2D eigenvalue weighted by atomic mass is 10.1. The number of carbonyl (C=O) groups excluding carboxylic acids is 1. The second kappa shape index (κ2) is 6.92. The standard InChI is InChI=1S/C19H19N3O3S/c1-24-14-8-5-9-15(25-2)18(14)19-22(17(23)11-26-19)10-16-20-12-6-3-4-7-13(12)21-16/h3-9,19H,10-11H2,1-2H3,(H,20,21). The van der Waals surface area contributed by atoms with Crippen molar-refractivity contribution in [1.82, 2.24) is 14.9 Å². The molecule has 3 aromatic rings. The Hall–Kier alpha value is -2.67. The average molecular weight is 369 g/mol. The summed E-state index contributed by atoms with van der Waals surface area (Å²) in [6, 6.07) is 13.5. The summed E-state index contributed by atoms with van der Waals surface area (Å²) in [7, 11) is 3.26. The van der Waals surface area contributed by atoms with Crippen LogP contribution in [-0.2, 0) is 11.3 Å². The Labute approximate surface area is 155 Å². The monoisotopic (exact) mass is 369 g/mol. The van der Waals surface area contributed by atoms with Crippen molar-refractivity contribution >= 4 is 28.7 Å². The summed E-state index contributed by atoms with van der Waals surface area (Å²) in [5, 5.41) is -0.179. The number of imidazole rings is 1. The highest BCUT2D eigenvalue weighted by molar-refractivity contribution is 8.00. The molecule has 6 nitrogen and oxygen atoms in total. The van der Waals surface area contributed by atoms with Crippen molar-refractivity contribution < 1.29 is 14.3 Å². The van der Waals surface area contributed by atoms with E-state index in [9.17, 15) is 4.79 Å². The number of amides is 1. The van der Waals surface area contributed by atoms with E-state index in [-0.39, 0.29) is 11.3 Å². The van der Waals surface area contributed by atoms with Gasteiger partial charge in [0, 0.05) is 0 Å². The van der Waals surface area contributed by atoms with Crippen molar-refractivity contribution in [3.63, 3.8) is 0 Å². The maximum atomic E-state index is 12.6. The Morgan fingerprint density at radius 3 is 2.58 bits per heavy atom. The molecule has 7 heteroatoms. The van der Waals surface area contributed by atoms with Gasteiger partial charge in [0.25, 0.3) is 0 Å². The number of methoxy groups -OCH3 is 2. The Morgan fingerprint density at radius 1 is 1.15 bits per heavy atom. The topological polar surface area (TPSA) is 67.5 Å². The number of H-pyrrole nitrogens is 1. The third-order valence-corrected chi connectivity index (χ3v) is 5.66. The molecule has 1 N–H and O–H groups in total. The van der Waals surface area contributed by atoms with Gasteiger partial charge >= 0.3 is 0 Å². The summed E-state index contributed by atoms with van der Waals surface area (Å²) in [4.78, 5) is 22.3. The number of nitrogens with zero attached hydrogens (tertiary/aromatic N) is 2. The van der Waals surface area contributed by atoms with Crippen LogP contribution in [0.4, 0.5) is 0 Å². The number of aromatic amines is 1. The van der Waals surface area contributed by atoms with Gasteiger partial charge in [0.2, 0.25) is 5.91 Å². The fourth-order valence-corrected chi connectivity index (χ4v) is 4.47. The van der Waals surface area contributed by atoms with Crippen LogP contribution in [0.15, 0.2) is 42.5 Å². The summed E-state index contributed by atoms with van der Waals surface area (Å²) < 4.78 is 11.1. The van der Waals surface area contributed by atoms with Gasteiger partial charge in [0.1, 0.15) is 22.7 Å². The number of nitrogens with one attached hydrogen (secondary N) is 1. The molecule has 0 bridgehead atoms. The van der Waals surface area contributed by atoms with E-state index in [0.29, 0.717) is 23.8 Å². The number of rotatable bonds is 5. The minimum Gasteiger partial charge on any atom is -0.496 e. The van der Waals surface area contributed by atoms with Crippen LogP contribution in [-0.4, -0.2) is 40.7 Å². The summed E-state index contributed by atoms with van der Waals surface area (Å²) in [5.41, 5.74) is 2.74. The smallest absolute Gasteiger partial charge is 0.234 e. The molecule has 0 aliphatic carbocycles. The quantitative estimate of drug-likeness (QED) is 0.747. The van der Waals surface area contributed by atoms with Crippen molar-refractivity contribution in [3.8, 4) is 11.5 Å². The number of aromatic nitrogens is 2. The molecular formula is C19H19N3O3S. The van der Waals surface area contributed by atoms with Gasteiger partial charge in [0.15, 0.2) is 0 Å². The number of thioether (sulfide) groups is 1. The van der Waals surface area contributed by atoms with Crippen molar-refractivity contribution in [1.29, 1.82) is 0 Å². The van der Waals surface area contributed by atoms with Gasteiger partial charge in [-0.05, 0) is 24.3 Å². The molecule has 1 aliphatic heterocycles. The molecule has 4 rings (SSSR count). The third kappa shape index (κ3) is 2.88. The van der Waals surface area contributed by atoms with E-state index in [4.69, 9.17) is 9.47 Å². The van der Waals surface area contributed by atoms with E-state index in [1.807, 2.05) is 47.4 Å². The molecule has 1 saturated heterocycles. The van der Waals surface area contributed by atoms with Gasteiger partial charge in [-0.3, -0.25) is 4.79 Å². The lowest BCUT2D eigenvalue weighted by Crippen LogP contribution is -2.28. The Balaban J connectivity index is 1.70. The zero-order valence-corrected chi connectivity index (χ0v) is 15.4. The number of hydrogen-bond donors (Lipinski definition) is 1. The van der Waals surface area contributed by atoms with Gasteiger partial charge in [0.05, 0.1) is 43.1 Å². The largest absolute Gasteiger partial charge is 0.496 e. The summed E-state index contributed by atoms with van der Waals surface area (Å²) in [5.74, 6) is 2.69. The fraction of sp³-hybridized carbons (Fsp3) is 0.263. The van der Waals surface area contributed by atoms with Crippen molar-refractivity contribution in [2.45, 2.75) is 11.9 Å². The second-order valence-electron chi connectivity index (χ2n) is 5.96. The van der Waals surface area contributed by atoms with Crippen LogP contribution in [0.1, 0.15) is 16.8 Å². The number of carbonyl (C=O) groups is 1. The molecule has 0 spiro atoms. The maximum Gasteiger partial charge on any atom is 0.234 e.